The number of hydrogen-bond donors (Lipinski definition) is 2. The van der Waals surface area contributed by atoms with Crippen LogP contribution < -0.4 is 11.1 Å². The van der Waals surface area contributed by atoms with Crippen molar-refractivity contribution in [1.82, 2.24) is 5.32 Å². The van der Waals surface area contributed by atoms with Crippen LogP contribution in [-0.2, 0) is 16.0 Å². The lowest BCUT2D eigenvalue weighted by atomic mass is 10.1. The summed E-state index contributed by atoms with van der Waals surface area (Å²) in [5.41, 5.74) is 7.64. The third kappa shape index (κ3) is 4.56. The molecule has 3 N–H and O–H groups in total. The predicted octanol–water partition coefficient (Wildman–Crippen LogP) is 1.89. The molecule has 1 aliphatic heterocycles. The fourth-order valence-electron chi connectivity index (χ4n) is 2.34. The number of ether oxygens (including phenoxy) is 1. The number of nitrogen functional groups attached to an aromatic ring is 1. The van der Waals surface area contributed by atoms with Crippen LogP contribution in [0.4, 0.5) is 5.69 Å². The number of amides is 1. The molecule has 0 saturated carbocycles. The summed E-state index contributed by atoms with van der Waals surface area (Å²) in [5, 5.41) is 2.94. The van der Waals surface area contributed by atoms with Crippen LogP contribution in [0.15, 0.2) is 24.3 Å². The van der Waals surface area contributed by atoms with Gasteiger partial charge in [0.05, 0.1) is 6.10 Å². The topological polar surface area (TPSA) is 64.4 Å². The van der Waals surface area contributed by atoms with E-state index in [0.717, 1.165) is 37.1 Å². The first-order valence-electron chi connectivity index (χ1n) is 6.97. The summed E-state index contributed by atoms with van der Waals surface area (Å²) in [4.78, 5) is 11.7. The molecule has 1 aromatic carbocycles. The van der Waals surface area contributed by atoms with Crippen LogP contribution in [0.1, 0.15) is 31.2 Å². The molecule has 4 nitrogen and oxygen atoms in total. The van der Waals surface area contributed by atoms with Gasteiger partial charge in [-0.3, -0.25) is 4.79 Å². The van der Waals surface area contributed by atoms with E-state index in [2.05, 4.69) is 5.32 Å². The van der Waals surface area contributed by atoms with Gasteiger partial charge in [-0.25, -0.2) is 0 Å². The van der Waals surface area contributed by atoms with Crippen molar-refractivity contribution < 1.29 is 9.53 Å². The van der Waals surface area contributed by atoms with Gasteiger partial charge in [-0.05, 0) is 37.3 Å². The van der Waals surface area contributed by atoms with E-state index in [9.17, 15) is 4.79 Å². The van der Waals surface area contributed by atoms with Gasteiger partial charge in [-0.15, -0.1) is 0 Å². The van der Waals surface area contributed by atoms with Crippen LogP contribution in [0.3, 0.4) is 0 Å². The van der Waals surface area contributed by atoms with Crippen LogP contribution in [-0.4, -0.2) is 25.2 Å². The average Bonchev–Trinajstić information content (AvgIpc) is 2.91. The highest BCUT2D eigenvalue weighted by molar-refractivity contribution is 5.76. The molecule has 1 fully saturated rings. The largest absolute Gasteiger partial charge is 0.399 e. The molecule has 1 heterocycles. The van der Waals surface area contributed by atoms with E-state index in [1.54, 1.807) is 0 Å². The third-order valence-corrected chi connectivity index (χ3v) is 3.49. The molecule has 1 aliphatic rings. The first-order chi connectivity index (χ1) is 9.25. The number of rotatable bonds is 6. The number of carbonyl (C=O) groups is 1. The molecule has 0 aliphatic carbocycles. The normalized spacial score (nSPS) is 18.4. The minimum Gasteiger partial charge on any atom is -0.399 e. The summed E-state index contributed by atoms with van der Waals surface area (Å²) in [6, 6.07) is 7.68. The van der Waals surface area contributed by atoms with Crippen LogP contribution in [0.25, 0.3) is 0 Å². The predicted molar refractivity (Wildman–Crippen MR) is 75.8 cm³/mol. The lowest BCUT2D eigenvalue weighted by Gasteiger charge is -2.10. The summed E-state index contributed by atoms with van der Waals surface area (Å²) in [6.07, 6.45) is 4.70. The van der Waals surface area contributed by atoms with Crippen LogP contribution in [0.2, 0.25) is 0 Å². The van der Waals surface area contributed by atoms with Crippen molar-refractivity contribution in [1.29, 1.82) is 0 Å². The zero-order valence-corrected chi connectivity index (χ0v) is 11.2. The number of nitrogens with one attached hydrogen (secondary N) is 1. The number of aryl methyl sites for hydroxylation is 1. The van der Waals surface area contributed by atoms with Gasteiger partial charge in [0, 0.05) is 25.3 Å². The van der Waals surface area contributed by atoms with Gasteiger partial charge in [0.2, 0.25) is 5.91 Å². The van der Waals surface area contributed by atoms with E-state index in [4.69, 9.17) is 10.5 Å². The van der Waals surface area contributed by atoms with Crippen LogP contribution >= 0.6 is 0 Å². The van der Waals surface area contributed by atoms with E-state index in [1.807, 2.05) is 24.3 Å². The Labute approximate surface area is 114 Å². The van der Waals surface area contributed by atoms with E-state index < -0.39 is 0 Å². The second kappa shape index (κ2) is 7.14. The Bertz CT molecular complexity index is 414. The molecule has 1 amide bonds. The summed E-state index contributed by atoms with van der Waals surface area (Å²) in [7, 11) is 0. The van der Waals surface area contributed by atoms with Gasteiger partial charge in [0.1, 0.15) is 0 Å². The Hall–Kier alpha value is -1.55. The van der Waals surface area contributed by atoms with Crippen molar-refractivity contribution >= 4 is 11.6 Å². The molecule has 1 atom stereocenters. The number of nitrogens with two attached hydrogens (primary N) is 1. The maximum absolute atomic E-state index is 11.7. The van der Waals surface area contributed by atoms with Gasteiger partial charge < -0.3 is 15.8 Å². The summed E-state index contributed by atoms with van der Waals surface area (Å²) >= 11 is 0. The second-order valence-corrected chi connectivity index (χ2v) is 4.97. The molecule has 0 spiro atoms. The van der Waals surface area contributed by atoms with Crippen molar-refractivity contribution in [3.63, 3.8) is 0 Å². The molecular formula is C15H22N2O2. The van der Waals surface area contributed by atoms with Crippen molar-refractivity contribution in [2.24, 2.45) is 0 Å². The average molecular weight is 262 g/mol. The maximum atomic E-state index is 11.7. The Kier molecular flexibility index (Phi) is 5.21. The lowest BCUT2D eigenvalue weighted by Crippen LogP contribution is -2.27. The Morgan fingerprint density at radius 2 is 2.26 bits per heavy atom. The van der Waals surface area contributed by atoms with E-state index in [0.29, 0.717) is 25.5 Å². The SMILES string of the molecule is Nc1ccccc1CCC(=O)NCCC1CCCO1. The lowest BCUT2D eigenvalue weighted by molar-refractivity contribution is -0.121. The molecular weight excluding hydrogens is 240 g/mol. The minimum atomic E-state index is 0.0845. The van der Waals surface area contributed by atoms with Crippen molar-refractivity contribution in [2.45, 2.75) is 38.2 Å². The summed E-state index contributed by atoms with van der Waals surface area (Å²) < 4.78 is 5.51. The fourth-order valence-corrected chi connectivity index (χ4v) is 2.34. The monoisotopic (exact) mass is 262 g/mol. The number of hydrogen-bond acceptors (Lipinski definition) is 3. The van der Waals surface area contributed by atoms with Crippen molar-refractivity contribution in [2.75, 3.05) is 18.9 Å². The highest BCUT2D eigenvalue weighted by atomic mass is 16.5. The zero-order chi connectivity index (χ0) is 13.5. The summed E-state index contributed by atoms with van der Waals surface area (Å²) in [5.74, 6) is 0.0845. The molecule has 0 bridgehead atoms. The molecule has 4 heteroatoms. The zero-order valence-electron chi connectivity index (χ0n) is 11.2. The number of para-hydroxylation sites is 1. The number of anilines is 1. The smallest absolute Gasteiger partial charge is 0.220 e. The maximum Gasteiger partial charge on any atom is 0.220 e. The minimum absolute atomic E-state index is 0.0845. The highest BCUT2D eigenvalue weighted by Crippen LogP contribution is 2.15. The summed E-state index contributed by atoms with van der Waals surface area (Å²) in [6.45, 7) is 1.57. The molecule has 1 unspecified atom stereocenters. The third-order valence-electron chi connectivity index (χ3n) is 3.49. The first kappa shape index (κ1) is 13.9. The molecule has 1 aromatic rings. The van der Waals surface area contributed by atoms with Gasteiger partial charge in [-0.1, -0.05) is 18.2 Å². The van der Waals surface area contributed by atoms with Gasteiger partial charge in [0.15, 0.2) is 0 Å². The molecule has 0 aromatic heterocycles. The standard InChI is InChI=1S/C15H22N2O2/c16-14-6-2-1-4-12(14)7-8-15(18)17-10-9-13-5-3-11-19-13/h1-2,4,6,13H,3,5,7-11,16H2,(H,17,18). The molecule has 19 heavy (non-hydrogen) atoms. The van der Waals surface area contributed by atoms with E-state index >= 15 is 0 Å². The van der Waals surface area contributed by atoms with E-state index in [1.165, 1.54) is 0 Å². The Balaban J connectivity index is 1.63. The molecule has 1 saturated heterocycles. The molecule has 2 rings (SSSR count). The molecule has 104 valence electrons. The van der Waals surface area contributed by atoms with Gasteiger partial charge >= 0.3 is 0 Å². The Morgan fingerprint density at radius 3 is 3.00 bits per heavy atom. The molecule has 0 radical (unpaired) electrons. The highest BCUT2D eigenvalue weighted by Gasteiger charge is 2.15. The van der Waals surface area contributed by atoms with Crippen molar-refractivity contribution in [3.05, 3.63) is 29.8 Å². The van der Waals surface area contributed by atoms with Gasteiger partial charge in [-0.2, -0.15) is 0 Å². The number of carbonyl (C=O) groups excluding carboxylic acids is 1. The van der Waals surface area contributed by atoms with Gasteiger partial charge in [0.25, 0.3) is 0 Å². The number of benzene rings is 1. The van der Waals surface area contributed by atoms with Crippen LogP contribution in [0, 0.1) is 0 Å². The second-order valence-electron chi connectivity index (χ2n) is 4.97. The van der Waals surface area contributed by atoms with Crippen LogP contribution in [0.5, 0.6) is 0 Å². The van der Waals surface area contributed by atoms with Crippen molar-refractivity contribution in [3.8, 4) is 0 Å². The quantitative estimate of drug-likeness (QED) is 0.769. The first-order valence-corrected chi connectivity index (χ1v) is 6.97. The van der Waals surface area contributed by atoms with E-state index in [-0.39, 0.29) is 5.91 Å². The Morgan fingerprint density at radius 1 is 1.42 bits per heavy atom. The fraction of sp³-hybridized carbons (Fsp3) is 0.533.